The molecule has 3 N–H and O–H groups in total. The van der Waals surface area contributed by atoms with Crippen LogP contribution in [0.1, 0.15) is 32.6 Å². The molecule has 0 aliphatic carbocycles. The Balaban J connectivity index is 2.04. The van der Waals surface area contributed by atoms with Crippen molar-refractivity contribution < 1.29 is 24.8 Å². The molecule has 1 saturated heterocycles. The minimum absolute atomic E-state index is 0.0358. The highest BCUT2D eigenvalue weighted by atomic mass is 16.6. The van der Waals surface area contributed by atoms with Gasteiger partial charge < -0.3 is 24.8 Å². The summed E-state index contributed by atoms with van der Waals surface area (Å²) in [6.45, 7) is 3.01. The molecule has 0 aromatic carbocycles. The number of hydrogen-bond donors (Lipinski definition) is 3. The lowest BCUT2D eigenvalue weighted by Gasteiger charge is -2.35. The van der Waals surface area contributed by atoms with E-state index in [1.807, 2.05) is 0 Å². The van der Waals surface area contributed by atoms with Crippen LogP contribution in [-0.2, 0) is 9.47 Å². The summed E-state index contributed by atoms with van der Waals surface area (Å²) < 4.78 is 10.7. The Kier molecular flexibility index (Phi) is 8.25. The van der Waals surface area contributed by atoms with Crippen molar-refractivity contribution in [1.29, 1.82) is 0 Å². The second-order valence-electron chi connectivity index (χ2n) is 4.87. The van der Waals surface area contributed by atoms with Crippen LogP contribution in [0.4, 0.5) is 0 Å². The van der Waals surface area contributed by atoms with E-state index in [9.17, 15) is 15.3 Å². The molecule has 0 bridgehead atoms. The van der Waals surface area contributed by atoms with Gasteiger partial charge in [-0.25, -0.2) is 0 Å². The van der Waals surface area contributed by atoms with Crippen LogP contribution in [-0.4, -0.2) is 59.6 Å². The SMILES string of the molecule is CC/C=C/CCCCOC[C@H]1OC[C@H](O)[C@@H](O)[C@@H]1O. The number of unbranched alkanes of at least 4 members (excludes halogenated alkanes) is 2. The lowest BCUT2D eigenvalue weighted by molar-refractivity contribution is -0.199. The van der Waals surface area contributed by atoms with Crippen molar-refractivity contribution in [2.45, 2.75) is 57.0 Å². The van der Waals surface area contributed by atoms with Crippen LogP contribution in [0.15, 0.2) is 12.2 Å². The summed E-state index contributed by atoms with van der Waals surface area (Å²) in [6, 6.07) is 0. The monoisotopic (exact) mass is 274 g/mol. The zero-order valence-electron chi connectivity index (χ0n) is 11.6. The highest BCUT2D eigenvalue weighted by Gasteiger charge is 2.37. The van der Waals surface area contributed by atoms with E-state index >= 15 is 0 Å². The molecule has 0 radical (unpaired) electrons. The first-order valence-electron chi connectivity index (χ1n) is 7.05. The van der Waals surface area contributed by atoms with Crippen LogP contribution in [0.5, 0.6) is 0 Å². The number of hydrogen-bond acceptors (Lipinski definition) is 5. The van der Waals surface area contributed by atoms with Crippen molar-refractivity contribution in [2.75, 3.05) is 19.8 Å². The Morgan fingerprint density at radius 1 is 1.16 bits per heavy atom. The molecule has 112 valence electrons. The first-order valence-corrected chi connectivity index (χ1v) is 7.05. The fraction of sp³-hybridized carbons (Fsp3) is 0.857. The zero-order valence-corrected chi connectivity index (χ0v) is 11.6. The number of ether oxygens (including phenoxy) is 2. The van der Waals surface area contributed by atoms with Crippen LogP contribution in [0.2, 0.25) is 0 Å². The maximum absolute atomic E-state index is 9.68. The van der Waals surface area contributed by atoms with Gasteiger partial charge in [0.2, 0.25) is 0 Å². The van der Waals surface area contributed by atoms with Crippen LogP contribution in [0, 0.1) is 0 Å². The zero-order chi connectivity index (χ0) is 14.1. The summed E-state index contributed by atoms with van der Waals surface area (Å²) in [5.41, 5.74) is 0. The summed E-state index contributed by atoms with van der Waals surface area (Å²) in [5.74, 6) is 0. The van der Waals surface area contributed by atoms with Crippen molar-refractivity contribution in [2.24, 2.45) is 0 Å². The Morgan fingerprint density at radius 2 is 1.95 bits per heavy atom. The standard InChI is InChI=1S/C14H26O5/c1-2-3-4-5-6-7-8-18-10-12-14(17)13(16)11(15)9-19-12/h3-4,11-17H,2,5-10H2,1H3/b4-3+/t11-,12+,13+,14+/m0/s1. The number of aliphatic hydroxyl groups excluding tert-OH is 3. The van der Waals surface area contributed by atoms with Gasteiger partial charge in [0.05, 0.1) is 13.2 Å². The van der Waals surface area contributed by atoms with Gasteiger partial charge in [-0.05, 0) is 25.7 Å². The van der Waals surface area contributed by atoms with Crippen LogP contribution >= 0.6 is 0 Å². The van der Waals surface area contributed by atoms with Gasteiger partial charge in [-0.15, -0.1) is 0 Å². The Bertz CT molecular complexity index is 256. The second-order valence-corrected chi connectivity index (χ2v) is 4.87. The van der Waals surface area contributed by atoms with Crippen molar-refractivity contribution >= 4 is 0 Å². The fourth-order valence-corrected chi connectivity index (χ4v) is 1.96. The summed E-state index contributed by atoms with van der Waals surface area (Å²) in [5, 5.41) is 28.5. The summed E-state index contributed by atoms with van der Waals surface area (Å²) in [7, 11) is 0. The summed E-state index contributed by atoms with van der Waals surface area (Å²) in [6.07, 6.45) is 4.68. The first-order chi connectivity index (χ1) is 9.16. The molecule has 5 heteroatoms. The van der Waals surface area contributed by atoms with E-state index in [1.54, 1.807) is 0 Å². The van der Waals surface area contributed by atoms with Gasteiger partial charge in [0.25, 0.3) is 0 Å². The third-order valence-corrected chi connectivity index (χ3v) is 3.20. The lowest BCUT2D eigenvalue weighted by Crippen LogP contribution is -2.54. The number of allylic oxidation sites excluding steroid dienone is 2. The van der Waals surface area contributed by atoms with Crippen LogP contribution in [0.3, 0.4) is 0 Å². The molecule has 0 amide bonds. The smallest absolute Gasteiger partial charge is 0.111 e. The Labute approximate surface area is 114 Å². The number of rotatable bonds is 8. The highest BCUT2D eigenvalue weighted by Crippen LogP contribution is 2.15. The van der Waals surface area contributed by atoms with Crippen molar-refractivity contribution in [1.82, 2.24) is 0 Å². The molecule has 5 nitrogen and oxygen atoms in total. The van der Waals surface area contributed by atoms with E-state index in [2.05, 4.69) is 19.1 Å². The Morgan fingerprint density at radius 3 is 2.68 bits per heavy atom. The highest BCUT2D eigenvalue weighted by molar-refractivity contribution is 4.86. The van der Waals surface area contributed by atoms with E-state index in [1.165, 1.54) is 0 Å². The van der Waals surface area contributed by atoms with Gasteiger partial charge in [0, 0.05) is 6.61 Å². The van der Waals surface area contributed by atoms with Gasteiger partial charge in [0.1, 0.15) is 24.4 Å². The van der Waals surface area contributed by atoms with Gasteiger partial charge in [0.15, 0.2) is 0 Å². The van der Waals surface area contributed by atoms with Crippen molar-refractivity contribution in [3.05, 3.63) is 12.2 Å². The predicted octanol–water partition coefficient (Wildman–Crippen LogP) is 0.621. The molecule has 1 rings (SSSR count). The molecule has 0 unspecified atom stereocenters. The van der Waals surface area contributed by atoms with Crippen molar-refractivity contribution in [3.63, 3.8) is 0 Å². The normalized spacial score (nSPS) is 32.0. The maximum Gasteiger partial charge on any atom is 0.111 e. The molecule has 0 aromatic rings. The van der Waals surface area contributed by atoms with Gasteiger partial charge in [-0.1, -0.05) is 19.1 Å². The first kappa shape index (κ1) is 16.6. The number of aliphatic hydroxyl groups is 3. The average molecular weight is 274 g/mol. The molecule has 0 aromatic heterocycles. The molecule has 0 saturated carbocycles. The molecular weight excluding hydrogens is 248 g/mol. The van der Waals surface area contributed by atoms with Crippen LogP contribution < -0.4 is 0 Å². The predicted molar refractivity (Wildman–Crippen MR) is 71.9 cm³/mol. The molecule has 1 aliphatic rings. The molecule has 1 fully saturated rings. The quantitative estimate of drug-likeness (QED) is 0.447. The van der Waals surface area contributed by atoms with Crippen LogP contribution in [0.25, 0.3) is 0 Å². The van der Waals surface area contributed by atoms with E-state index in [0.29, 0.717) is 6.61 Å². The second kappa shape index (κ2) is 9.44. The molecule has 4 atom stereocenters. The molecule has 1 heterocycles. The topological polar surface area (TPSA) is 79.2 Å². The summed E-state index contributed by atoms with van der Waals surface area (Å²) in [4.78, 5) is 0. The molecule has 0 spiro atoms. The lowest BCUT2D eigenvalue weighted by atomic mass is 10.0. The minimum atomic E-state index is -1.15. The van der Waals surface area contributed by atoms with E-state index in [4.69, 9.17) is 9.47 Å². The summed E-state index contributed by atoms with van der Waals surface area (Å²) >= 11 is 0. The van der Waals surface area contributed by atoms with E-state index in [0.717, 1.165) is 25.7 Å². The van der Waals surface area contributed by atoms with E-state index in [-0.39, 0.29) is 13.2 Å². The molecular formula is C14H26O5. The van der Waals surface area contributed by atoms with Crippen molar-refractivity contribution in [3.8, 4) is 0 Å². The largest absolute Gasteiger partial charge is 0.388 e. The average Bonchev–Trinajstić information content (AvgIpc) is 2.41. The molecule has 1 aliphatic heterocycles. The maximum atomic E-state index is 9.68. The third-order valence-electron chi connectivity index (χ3n) is 3.20. The van der Waals surface area contributed by atoms with Gasteiger partial charge in [-0.3, -0.25) is 0 Å². The van der Waals surface area contributed by atoms with E-state index < -0.39 is 24.4 Å². The minimum Gasteiger partial charge on any atom is -0.388 e. The molecule has 19 heavy (non-hydrogen) atoms. The fourth-order valence-electron chi connectivity index (χ4n) is 1.96. The Hall–Kier alpha value is -0.460. The van der Waals surface area contributed by atoms with Gasteiger partial charge in [-0.2, -0.15) is 0 Å². The third kappa shape index (κ3) is 6.01. The van der Waals surface area contributed by atoms with Gasteiger partial charge >= 0.3 is 0 Å².